The molecule has 1 atom stereocenters. The molecule has 0 saturated carbocycles. The Morgan fingerprint density at radius 1 is 1.24 bits per heavy atom. The van der Waals surface area contributed by atoms with Gasteiger partial charge in [0.2, 0.25) is 0 Å². The fourth-order valence-corrected chi connectivity index (χ4v) is 6.24. The minimum atomic E-state index is -0.419. The van der Waals surface area contributed by atoms with E-state index in [9.17, 15) is 9.59 Å². The molecular formula is C25H27N3O4S2. The van der Waals surface area contributed by atoms with Gasteiger partial charge in [0.1, 0.15) is 16.0 Å². The van der Waals surface area contributed by atoms with Crippen molar-refractivity contribution in [3.8, 4) is 11.5 Å². The number of ether oxygens (including phenoxy) is 2. The molecule has 0 spiro atoms. The van der Waals surface area contributed by atoms with Crippen LogP contribution in [0.4, 0.5) is 5.00 Å². The maximum atomic E-state index is 13.1. The lowest BCUT2D eigenvalue weighted by Gasteiger charge is -2.31. The first kappa shape index (κ1) is 22.9. The Hall–Kier alpha value is -2.88. The summed E-state index contributed by atoms with van der Waals surface area (Å²) in [5, 5.41) is 9.34. The van der Waals surface area contributed by atoms with E-state index in [1.54, 1.807) is 23.5 Å². The van der Waals surface area contributed by atoms with Gasteiger partial charge in [-0.1, -0.05) is 12.1 Å². The molecule has 0 radical (unpaired) electrons. The molecule has 178 valence electrons. The third-order valence-electron chi connectivity index (χ3n) is 6.12. The SMILES string of the molecule is CCOc1cc([C@H]2NC(=O)c3c(sc4c3CCN(C(C)C)C4)N2)ccc1OC(=O)c1cccs1. The zero-order chi connectivity index (χ0) is 23.8. The molecule has 4 heterocycles. The highest BCUT2D eigenvalue weighted by Gasteiger charge is 2.34. The molecule has 0 unspecified atom stereocenters. The number of esters is 1. The third-order valence-corrected chi connectivity index (χ3v) is 8.12. The van der Waals surface area contributed by atoms with Crippen molar-refractivity contribution < 1.29 is 19.1 Å². The Morgan fingerprint density at radius 3 is 2.82 bits per heavy atom. The number of rotatable bonds is 6. The number of anilines is 1. The average Bonchev–Trinajstić information content (AvgIpc) is 3.48. The summed E-state index contributed by atoms with van der Waals surface area (Å²) in [6.07, 6.45) is 0.486. The highest BCUT2D eigenvalue weighted by molar-refractivity contribution is 7.16. The first-order valence-electron chi connectivity index (χ1n) is 11.4. The quantitative estimate of drug-likeness (QED) is 0.367. The summed E-state index contributed by atoms with van der Waals surface area (Å²) < 4.78 is 11.3. The van der Waals surface area contributed by atoms with Crippen LogP contribution in [-0.4, -0.2) is 36.0 Å². The fourth-order valence-electron chi connectivity index (χ4n) is 4.34. The number of hydrogen-bond donors (Lipinski definition) is 2. The molecular weight excluding hydrogens is 470 g/mol. The largest absolute Gasteiger partial charge is 0.490 e. The van der Waals surface area contributed by atoms with Gasteiger partial charge >= 0.3 is 5.97 Å². The third kappa shape index (κ3) is 4.31. The van der Waals surface area contributed by atoms with Crippen LogP contribution >= 0.6 is 22.7 Å². The van der Waals surface area contributed by atoms with Crippen molar-refractivity contribution in [3.05, 3.63) is 62.2 Å². The summed E-state index contributed by atoms with van der Waals surface area (Å²) in [7, 11) is 0. The summed E-state index contributed by atoms with van der Waals surface area (Å²) in [4.78, 5) is 29.8. The zero-order valence-corrected chi connectivity index (χ0v) is 21.0. The zero-order valence-electron chi connectivity index (χ0n) is 19.3. The summed E-state index contributed by atoms with van der Waals surface area (Å²) in [5.74, 6) is 0.342. The normalized spacial score (nSPS) is 17.5. The lowest BCUT2D eigenvalue weighted by Crippen LogP contribution is -2.39. The fraction of sp³-hybridized carbons (Fsp3) is 0.360. The van der Waals surface area contributed by atoms with Crippen LogP contribution in [-0.2, 0) is 13.0 Å². The van der Waals surface area contributed by atoms with Crippen molar-refractivity contribution in [1.29, 1.82) is 0 Å². The van der Waals surface area contributed by atoms with Gasteiger partial charge in [-0.05, 0) is 61.9 Å². The number of nitrogens with zero attached hydrogens (tertiary/aromatic N) is 1. The predicted molar refractivity (Wildman–Crippen MR) is 134 cm³/mol. The molecule has 2 N–H and O–H groups in total. The van der Waals surface area contributed by atoms with E-state index in [1.807, 2.05) is 30.5 Å². The molecule has 7 nitrogen and oxygen atoms in total. The van der Waals surface area contributed by atoms with Gasteiger partial charge in [-0.15, -0.1) is 22.7 Å². The maximum Gasteiger partial charge on any atom is 0.353 e. The Labute approximate surface area is 206 Å². The van der Waals surface area contributed by atoms with Crippen LogP contribution in [0.2, 0.25) is 0 Å². The molecule has 2 aliphatic rings. The van der Waals surface area contributed by atoms with Crippen molar-refractivity contribution in [2.75, 3.05) is 18.5 Å². The number of hydrogen-bond acceptors (Lipinski definition) is 8. The Morgan fingerprint density at radius 2 is 2.09 bits per heavy atom. The van der Waals surface area contributed by atoms with Crippen LogP contribution in [0, 0.1) is 0 Å². The average molecular weight is 498 g/mol. The first-order valence-corrected chi connectivity index (χ1v) is 13.1. The molecule has 1 aromatic carbocycles. The Bertz CT molecular complexity index is 1220. The predicted octanol–water partition coefficient (Wildman–Crippen LogP) is 5.05. The van der Waals surface area contributed by atoms with E-state index < -0.39 is 12.1 Å². The topological polar surface area (TPSA) is 79.9 Å². The highest BCUT2D eigenvalue weighted by Crippen LogP contribution is 2.42. The molecule has 0 aliphatic carbocycles. The molecule has 1 amide bonds. The highest BCUT2D eigenvalue weighted by atomic mass is 32.1. The van der Waals surface area contributed by atoms with Crippen LogP contribution in [0.15, 0.2) is 35.7 Å². The molecule has 2 aromatic heterocycles. The van der Waals surface area contributed by atoms with Crippen molar-refractivity contribution in [3.63, 3.8) is 0 Å². The van der Waals surface area contributed by atoms with E-state index in [2.05, 4.69) is 29.4 Å². The molecule has 34 heavy (non-hydrogen) atoms. The van der Waals surface area contributed by atoms with Gasteiger partial charge in [-0.25, -0.2) is 4.79 Å². The van der Waals surface area contributed by atoms with E-state index in [1.165, 1.54) is 21.8 Å². The van der Waals surface area contributed by atoms with E-state index in [0.717, 1.165) is 35.6 Å². The van der Waals surface area contributed by atoms with Gasteiger partial charge in [-0.3, -0.25) is 9.69 Å². The molecule has 5 rings (SSSR count). The van der Waals surface area contributed by atoms with Gasteiger partial charge in [0.15, 0.2) is 11.5 Å². The van der Waals surface area contributed by atoms with Crippen molar-refractivity contribution in [2.24, 2.45) is 0 Å². The molecule has 0 fully saturated rings. The number of nitrogens with one attached hydrogen (secondary N) is 2. The standard InChI is InChI=1S/C25H27N3O4S2/c1-4-31-18-12-15(7-8-17(18)32-25(30)19-6-5-11-33-19)22-26-23(29)21-16-9-10-28(14(2)3)13-20(16)34-24(21)27-22/h5-8,11-12,14,22,27H,4,9-10,13H2,1-3H3,(H,26,29)/t22-/m0/s1. The maximum absolute atomic E-state index is 13.1. The number of amides is 1. The van der Waals surface area contributed by atoms with Crippen LogP contribution < -0.4 is 20.1 Å². The lowest BCUT2D eigenvalue weighted by atomic mass is 9.99. The number of carbonyl (C=O) groups is 2. The molecule has 0 saturated heterocycles. The van der Waals surface area contributed by atoms with E-state index in [0.29, 0.717) is 29.0 Å². The van der Waals surface area contributed by atoms with E-state index >= 15 is 0 Å². The van der Waals surface area contributed by atoms with Crippen LogP contribution in [0.5, 0.6) is 11.5 Å². The second kappa shape index (κ2) is 9.40. The summed E-state index contributed by atoms with van der Waals surface area (Å²) in [6.45, 7) is 8.55. The smallest absolute Gasteiger partial charge is 0.353 e. The van der Waals surface area contributed by atoms with Gasteiger partial charge < -0.3 is 20.1 Å². The van der Waals surface area contributed by atoms with Gasteiger partial charge in [0.05, 0.1) is 12.2 Å². The summed E-state index contributed by atoms with van der Waals surface area (Å²) in [5.41, 5.74) is 2.78. The second-order valence-corrected chi connectivity index (χ2v) is 10.6. The molecule has 0 bridgehead atoms. The van der Waals surface area contributed by atoms with Gasteiger partial charge in [-0.2, -0.15) is 0 Å². The second-order valence-electron chi connectivity index (χ2n) is 8.58. The minimum Gasteiger partial charge on any atom is -0.490 e. The van der Waals surface area contributed by atoms with Crippen molar-refractivity contribution >= 4 is 39.6 Å². The van der Waals surface area contributed by atoms with E-state index in [4.69, 9.17) is 9.47 Å². The van der Waals surface area contributed by atoms with E-state index in [-0.39, 0.29) is 5.91 Å². The van der Waals surface area contributed by atoms with Crippen molar-refractivity contribution in [2.45, 2.75) is 45.9 Å². The van der Waals surface area contributed by atoms with Crippen LogP contribution in [0.1, 0.15) is 63.0 Å². The molecule has 9 heteroatoms. The van der Waals surface area contributed by atoms with Gasteiger partial charge in [0.25, 0.3) is 5.91 Å². The first-order chi connectivity index (χ1) is 16.4. The number of thiophene rings is 2. The summed E-state index contributed by atoms with van der Waals surface area (Å²) >= 11 is 3.00. The Kier molecular flexibility index (Phi) is 6.33. The van der Waals surface area contributed by atoms with Crippen LogP contribution in [0.3, 0.4) is 0 Å². The summed E-state index contributed by atoms with van der Waals surface area (Å²) in [6, 6.07) is 9.39. The number of benzene rings is 1. The Balaban J connectivity index is 1.39. The van der Waals surface area contributed by atoms with Crippen molar-refractivity contribution in [1.82, 2.24) is 10.2 Å². The number of carbonyl (C=O) groups excluding carboxylic acids is 2. The lowest BCUT2D eigenvalue weighted by molar-refractivity contribution is 0.0733. The monoisotopic (exact) mass is 497 g/mol. The molecule has 3 aromatic rings. The number of fused-ring (bicyclic) bond motifs is 3. The van der Waals surface area contributed by atoms with Crippen LogP contribution in [0.25, 0.3) is 0 Å². The molecule has 2 aliphatic heterocycles. The van der Waals surface area contributed by atoms with Gasteiger partial charge in [0, 0.05) is 24.0 Å². The minimum absolute atomic E-state index is 0.0552.